The second kappa shape index (κ2) is 5.03. The van der Waals surface area contributed by atoms with Gasteiger partial charge in [-0.05, 0) is 6.42 Å². The molecule has 0 saturated heterocycles. The Balaban J connectivity index is 2.66. The number of hydrogen-bond donors (Lipinski definition) is 2. The number of aliphatic hydroxyl groups excluding tert-OH is 1. The Hall–Kier alpha value is -0.780. The zero-order valence-electron chi connectivity index (χ0n) is 9.17. The normalized spacial score (nSPS) is 30.6. The largest absolute Gasteiger partial charge is 0.396 e. The molecule has 0 aromatic heterocycles. The van der Waals surface area contributed by atoms with Crippen LogP contribution in [0.25, 0.3) is 0 Å². The topological polar surface area (TPSA) is 58.6 Å². The molecule has 16 heavy (non-hydrogen) atoms. The van der Waals surface area contributed by atoms with Crippen LogP contribution < -0.4 is 5.73 Å². The molecule has 3 atom stereocenters. The van der Waals surface area contributed by atoms with Crippen LogP contribution in [0.4, 0.5) is 13.2 Å². The van der Waals surface area contributed by atoms with Crippen molar-refractivity contribution in [1.29, 1.82) is 0 Å². The SMILES string of the molecule is CCCCC[C@H]1N=C(N)[C@@H](O)[C@H]1C(F)(F)F. The summed E-state index contributed by atoms with van der Waals surface area (Å²) in [6.45, 7) is 1.97. The zero-order chi connectivity index (χ0) is 12.3. The minimum atomic E-state index is -4.44. The second-order valence-corrected chi connectivity index (χ2v) is 4.13. The fourth-order valence-electron chi connectivity index (χ4n) is 1.99. The first kappa shape index (κ1) is 13.3. The summed E-state index contributed by atoms with van der Waals surface area (Å²) in [5, 5.41) is 9.34. The van der Waals surface area contributed by atoms with E-state index in [1.807, 2.05) is 6.92 Å². The first-order valence-electron chi connectivity index (χ1n) is 5.45. The molecule has 3 N–H and O–H groups in total. The number of amidine groups is 1. The molecule has 1 heterocycles. The smallest absolute Gasteiger partial charge is 0.385 e. The highest BCUT2D eigenvalue weighted by molar-refractivity contribution is 5.87. The molecule has 1 rings (SSSR count). The van der Waals surface area contributed by atoms with Gasteiger partial charge in [-0.25, -0.2) is 0 Å². The molecule has 1 aliphatic rings. The van der Waals surface area contributed by atoms with Crippen LogP contribution in [0.15, 0.2) is 4.99 Å². The van der Waals surface area contributed by atoms with E-state index in [0.717, 1.165) is 12.8 Å². The van der Waals surface area contributed by atoms with Crippen molar-refractivity contribution in [3.63, 3.8) is 0 Å². The van der Waals surface area contributed by atoms with Crippen molar-refractivity contribution in [3.05, 3.63) is 0 Å². The van der Waals surface area contributed by atoms with Crippen molar-refractivity contribution in [3.8, 4) is 0 Å². The van der Waals surface area contributed by atoms with Crippen LogP contribution in [0.5, 0.6) is 0 Å². The molecule has 0 saturated carbocycles. The molecule has 6 heteroatoms. The maximum Gasteiger partial charge on any atom is 0.396 e. The Morgan fingerprint density at radius 1 is 1.38 bits per heavy atom. The van der Waals surface area contributed by atoms with Crippen molar-refractivity contribution in [2.75, 3.05) is 0 Å². The third kappa shape index (κ3) is 2.87. The van der Waals surface area contributed by atoms with Crippen molar-refractivity contribution in [2.24, 2.45) is 16.6 Å². The first-order valence-corrected chi connectivity index (χ1v) is 5.45. The second-order valence-electron chi connectivity index (χ2n) is 4.13. The average molecular weight is 238 g/mol. The highest BCUT2D eigenvalue weighted by atomic mass is 19.4. The van der Waals surface area contributed by atoms with Crippen LogP contribution in [0.1, 0.15) is 32.6 Å². The van der Waals surface area contributed by atoms with Crippen molar-refractivity contribution < 1.29 is 18.3 Å². The van der Waals surface area contributed by atoms with Crippen molar-refractivity contribution in [1.82, 2.24) is 0 Å². The summed E-state index contributed by atoms with van der Waals surface area (Å²) in [6.07, 6.45) is -3.31. The number of aliphatic hydroxyl groups is 1. The number of alkyl halides is 3. The fourth-order valence-corrected chi connectivity index (χ4v) is 1.99. The minimum absolute atomic E-state index is 0.288. The van der Waals surface area contributed by atoms with Gasteiger partial charge in [-0.3, -0.25) is 4.99 Å². The van der Waals surface area contributed by atoms with Crippen LogP contribution in [0.2, 0.25) is 0 Å². The van der Waals surface area contributed by atoms with Gasteiger partial charge in [0.15, 0.2) is 0 Å². The Morgan fingerprint density at radius 3 is 2.50 bits per heavy atom. The van der Waals surface area contributed by atoms with Gasteiger partial charge in [0.2, 0.25) is 0 Å². The predicted octanol–water partition coefficient (Wildman–Crippen LogP) is 1.85. The molecule has 0 spiro atoms. The van der Waals surface area contributed by atoms with E-state index in [9.17, 15) is 18.3 Å². The third-order valence-electron chi connectivity index (χ3n) is 2.85. The van der Waals surface area contributed by atoms with Gasteiger partial charge in [0, 0.05) is 0 Å². The Bertz CT molecular complexity index is 265. The molecular weight excluding hydrogens is 221 g/mol. The number of halogens is 3. The number of nitrogens with two attached hydrogens (primary N) is 1. The molecule has 3 nitrogen and oxygen atoms in total. The van der Waals surface area contributed by atoms with Gasteiger partial charge in [-0.15, -0.1) is 0 Å². The summed E-state index contributed by atoms with van der Waals surface area (Å²) in [5.74, 6) is -2.12. The van der Waals surface area contributed by atoms with Crippen LogP contribution in [0, 0.1) is 5.92 Å². The predicted molar refractivity (Wildman–Crippen MR) is 55.1 cm³/mol. The number of aliphatic imine (C=N–C) groups is 1. The summed E-state index contributed by atoms with van der Waals surface area (Å²) in [7, 11) is 0. The van der Waals surface area contributed by atoms with Gasteiger partial charge in [-0.1, -0.05) is 26.2 Å². The lowest BCUT2D eigenvalue weighted by atomic mass is 9.92. The fraction of sp³-hybridized carbons (Fsp3) is 0.900. The van der Waals surface area contributed by atoms with Gasteiger partial charge in [-0.2, -0.15) is 13.2 Å². The van der Waals surface area contributed by atoms with Crippen molar-refractivity contribution >= 4 is 5.84 Å². The van der Waals surface area contributed by atoms with Crippen LogP contribution >= 0.6 is 0 Å². The number of hydrogen-bond acceptors (Lipinski definition) is 3. The summed E-state index contributed by atoms with van der Waals surface area (Å²) in [6, 6.07) is -0.915. The van der Waals surface area contributed by atoms with Crippen LogP contribution in [-0.4, -0.2) is 29.3 Å². The standard InChI is InChI=1S/C10H17F3N2O/c1-2-3-4-5-6-7(10(11,12)13)8(16)9(14)15-6/h6-8,16H,2-5H2,1H3,(H2,14,15)/t6-,7+,8+/m1/s1. The summed E-state index contributed by atoms with van der Waals surface area (Å²) in [4.78, 5) is 3.71. The van der Waals surface area contributed by atoms with Gasteiger partial charge in [0.1, 0.15) is 17.9 Å². The quantitative estimate of drug-likeness (QED) is 0.734. The minimum Gasteiger partial charge on any atom is -0.385 e. The van der Waals surface area contributed by atoms with E-state index in [-0.39, 0.29) is 5.84 Å². The highest BCUT2D eigenvalue weighted by Crippen LogP contribution is 2.38. The van der Waals surface area contributed by atoms with Gasteiger partial charge >= 0.3 is 6.18 Å². The summed E-state index contributed by atoms with van der Waals surface area (Å²) in [5.41, 5.74) is 5.26. The van der Waals surface area contributed by atoms with E-state index < -0.39 is 24.2 Å². The molecule has 0 aliphatic carbocycles. The number of unbranched alkanes of at least 4 members (excludes halogenated alkanes) is 2. The molecule has 0 aromatic rings. The van der Waals surface area contributed by atoms with Crippen LogP contribution in [0.3, 0.4) is 0 Å². The molecule has 0 bridgehead atoms. The summed E-state index contributed by atoms with van der Waals surface area (Å²) >= 11 is 0. The average Bonchev–Trinajstić information content (AvgIpc) is 2.42. The van der Waals surface area contributed by atoms with E-state index in [0.29, 0.717) is 12.8 Å². The molecular formula is C10H17F3N2O. The Kier molecular flexibility index (Phi) is 4.18. The molecule has 0 amide bonds. The van der Waals surface area contributed by atoms with Gasteiger partial charge < -0.3 is 10.8 Å². The Labute approximate surface area is 92.5 Å². The van der Waals surface area contributed by atoms with E-state index in [2.05, 4.69) is 4.99 Å². The maximum atomic E-state index is 12.7. The van der Waals surface area contributed by atoms with E-state index in [1.54, 1.807) is 0 Å². The summed E-state index contributed by atoms with van der Waals surface area (Å²) < 4.78 is 38.0. The molecule has 0 fully saturated rings. The molecule has 0 unspecified atom stereocenters. The lowest BCUT2D eigenvalue weighted by Crippen LogP contribution is -2.41. The molecule has 94 valence electrons. The molecule has 0 aromatic carbocycles. The lowest BCUT2D eigenvalue weighted by molar-refractivity contribution is -0.193. The third-order valence-corrected chi connectivity index (χ3v) is 2.85. The number of rotatable bonds is 4. The maximum absolute atomic E-state index is 12.7. The highest BCUT2D eigenvalue weighted by Gasteiger charge is 2.53. The van der Waals surface area contributed by atoms with Crippen LogP contribution in [-0.2, 0) is 0 Å². The van der Waals surface area contributed by atoms with E-state index in [1.165, 1.54) is 0 Å². The molecule has 0 radical (unpaired) electrons. The van der Waals surface area contributed by atoms with Gasteiger partial charge in [0.05, 0.1) is 6.04 Å². The Morgan fingerprint density at radius 2 is 2.00 bits per heavy atom. The zero-order valence-corrected chi connectivity index (χ0v) is 9.17. The van der Waals surface area contributed by atoms with E-state index >= 15 is 0 Å². The first-order chi connectivity index (χ1) is 7.38. The lowest BCUT2D eigenvalue weighted by Gasteiger charge is -2.23. The van der Waals surface area contributed by atoms with Gasteiger partial charge in [0.25, 0.3) is 0 Å². The monoisotopic (exact) mass is 238 g/mol. The van der Waals surface area contributed by atoms with E-state index in [4.69, 9.17) is 5.73 Å². The number of nitrogens with zero attached hydrogens (tertiary/aromatic N) is 1. The van der Waals surface area contributed by atoms with Crippen molar-refractivity contribution in [2.45, 2.75) is 50.9 Å². The molecule has 1 aliphatic heterocycles.